The van der Waals surface area contributed by atoms with Gasteiger partial charge in [0.05, 0.1) is 21.9 Å². The summed E-state index contributed by atoms with van der Waals surface area (Å²) < 4.78 is 2.53. The lowest BCUT2D eigenvalue weighted by Gasteiger charge is -2.48. The van der Waals surface area contributed by atoms with Crippen LogP contribution in [0.5, 0.6) is 0 Å². The van der Waals surface area contributed by atoms with Gasteiger partial charge in [-0.3, -0.25) is 0 Å². The van der Waals surface area contributed by atoms with Gasteiger partial charge in [0.1, 0.15) is 0 Å². The molecule has 11 aromatic carbocycles. The molecule has 0 bridgehead atoms. The smallest absolute Gasteiger partial charge is 0.0720 e. The van der Waals surface area contributed by atoms with Gasteiger partial charge in [-0.05, 0) is 133 Å². The molecule has 0 unspecified atom stereocenters. The summed E-state index contributed by atoms with van der Waals surface area (Å²) in [5, 5.41) is 4.97. The van der Waals surface area contributed by atoms with Crippen LogP contribution in [-0.2, 0) is 10.8 Å². The second-order valence-electron chi connectivity index (χ2n) is 18.7. The van der Waals surface area contributed by atoms with Crippen molar-refractivity contribution in [1.82, 2.24) is 4.57 Å². The van der Waals surface area contributed by atoms with E-state index in [0.29, 0.717) is 0 Å². The van der Waals surface area contributed by atoms with Gasteiger partial charge in [-0.15, -0.1) is 0 Å². The highest BCUT2D eigenvalue weighted by Gasteiger charge is 2.59. The highest BCUT2D eigenvalue weighted by atomic mass is 15.1. The molecule has 68 heavy (non-hydrogen) atoms. The molecule has 1 aromatic heterocycles. The van der Waals surface area contributed by atoms with E-state index in [1.807, 2.05) is 0 Å². The van der Waals surface area contributed by atoms with Crippen LogP contribution in [0, 0.1) is 0 Å². The number of aromatic nitrogens is 1. The molecule has 0 N–H and O–H groups in total. The Kier molecular flexibility index (Phi) is 7.67. The van der Waals surface area contributed by atoms with Gasteiger partial charge in [0.15, 0.2) is 0 Å². The van der Waals surface area contributed by atoms with E-state index in [2.05, 4.69) is 264 Å². The van der Waals surface area contributed by atoms with Gasteiger partial charge in [-0.1, -0.05) is 194 Å². The fraction of sp³-hybridized carbons (Fsp3) is 0.0303. The molecule has 0 atom stereocenters. The van der Waals surface area contributed by atoms with Gasteiger partial charge >= 0.3 is 0 Å². The molecule has 2 heteroatoms. The van der Waals surface area contributed by atoms with Gasteiger partial charge in [0.2, 0.25) is 0 Å². The minimum atomic E-state index is -0.573. The molecule has 3 aliphatic carbocycles. The van der Waals surface area contributed by atoms with Crippen molar-refractivity contribution in [2.75, 3.05) is 4.90 Å². The number of anilines is 3. The lowest BCUT2D eigenvalue weighted by molar-refractivity contribution is 0.633. The van der Waals surface area contributed by atoms with Crippen molar-refractivity contribution in [2.24, 2.45) is 0 Å². The Hall–Kier alpha value is -8.72. The standard InChI is InChI=1S/C66H42N2/c1-3-20-44(21-4-1)67(45-22-5-2-6-23-45)46-36-38-47(39-37-46)68-63-42-53-51-27-11-14-30-57(51)66(62(53)41-54(63)52-40-35-43-19-7-8-24-48(43)64(52)68)60-33-17-15-31-58(60)65(59-32-16-18-34-61(59)66)55-28-12-9-25-49(55)50-26-10-13-29-56(50)65/h1-42H. The Morgan fingerprint density at radius 2 is 0.706 bits per heavy atom. The third kappa shape index (κ3) is 4.71. The van der Waals surface area contributed by atoms with Crippen LogP contribution in [0.25, 0.3) is 60.5 Å². The zero-order valence-corrected chi connectivity index (χ0v) is 37.1. The van der Waals surface area contributed by atoms with Crippen molar-refractivity contribution >= 4 is 49.6 Å². The molecule has 0 saturated heterocycles. The number of fused-ring (bicyclic) bond motifs is 21. The van der Waals surface area contributed by atoms with E-state index < -0.39 is 10.8 Å². The monoisotopic (exact) mass is 862 g/mol. The van der Waals surface area contributed by atoms with E-state index in [1.54, 1.807) is 0 Å². The van der Waals surface area contributed by atoms with E-state index in [4.69, 9.17) is 0 Å². The third-order valence-corrected chi connectivity index (χ3v) is 15.6. The van der Waals surface area contributed by atoms with Crippen LogP contribution in [0.3, 0.4) is 0 Å². The van der Waals surface area contributed by atoms with Crippen molar-refractivity contribution in [3.8, 4) is 27.9 Å². The van der Waals surface area contributed by atoms with Gasteiger partial charge in [-0.25, -0.2) is 0 Å². The number of hydrogen-bond acceptors (Lipinski definition) is 1. The summed E-state index contributed by atoms with van der Waals surface area (Å²) >= 11 is 0. The topological polar surface area (TPSA) is 8.17 Å². The van der Waals surface area contributed by atoms with Gasteiger partial charge in [0.25, 0.3) is 0 Å². The van der Waals surface area contributed by atoms with Gasteiger partial charge in [-0.2, -0.15) is 0 Å². The lowest BCUT2D eigenvalue weighted by Crippen LogP contribution is -2.43. The molecule has 2 spiro atoms. The minimum Gasteiger partial charge on any atom is -0.311 e. The quantitative estimate of drug-likeness (QED) is 0.171. The summed E-state index contributed by atoms with van der Waals surface area (Å²) in [5.41, 5.74) is 21.8. The average molecular weight is 863 g/mol. The first-order chi connectivity index (χ1) is 33.8. The molecule has 0 aliphatic heterocycles. The van der Waals surface area contributed by atoms with Crippen molar-refractivity contribution in [3.63, 3.8) is 0 Å². The Balaban J connectivity index is 1.02. The molecule has 316 valence electrons. The van der Waals surface area contributed by atoms with Crippen LogP contribution in [0.15, 0.2) is 255 Å². The molecule has 0 amide bonds. The maximum Gasteiger partial charge on any atom is 0.0720 e. The summed E-state index contributed by atoms with van der Waals surface area (Å²) in [6.45, 7) is 0. The molecule has 15 rings (SSSR count). The predicted octanol–water partition coefficient (Wildman–Crippen LogP) is 16.4. The van der Waals surface area contributed by atoms with Crippen molar-refractivity contribution in [3.05, 3.63) is 299 Å². The van der Waals surface area contributed by atoms with Crippen molar-refractivity contribution in [2.45, 2.75) is 10.8 Å². The Bertz CT molecular complexity index is 3890. The fourth-order valence-corrected chi connectivity index (χ4v) is 13.1. The maximum absolute atomic E-state index is 2.58. The summed E-state index contributed by atoms with van der Waals surface area (Å²) in [5.74, 6) is 0. The highest BCUT2D eigenvalue weighted by molar-refractivity contribution is 6.20. The molecule has 0 fully saturated rings. The Morgan fingerprint density at radius 3 is 1.25 bits per heavy atom. The maximum atomic E-state index is 2.58. The molecule has 0 radical (unpaired) electrons. The molecular weight excluding hydrogens is 821 g/mol. The van der Waals surface area contributed by atoms with E-state index in [9.17, 15) is 0 Å². The van der Waals surface area contributed by atoms with Crippen molar-refractivity contribution in [1.29, 1.82) is 0 Å². The molecular formula is C66H42N2. The summed E-state index contributed by atoms with van der Waals surface area (Å²) in [6.07, 6.45) is 0. The Labute approximate surface area is 395 Å². The molecule has 12 aromatic rings. The predicted molar refractivity (Wildman–Crippen MR) is 281 cm³/mol. The molecule has 0 saturated carbocycles. The zero-order valence-electron chi connectivity index (χ0n) is 37.1. The Morgan fingerprint density at radius 1 is 0.279 bits per heavy atom. The van der Waals surface area contributed by atoms with Crippen LogP contribution < -0.4 is 4.90 Å². The molecule has 2 nitrogen and oxygen atoms in total. The second-order valence-corrected chi connectivity index (χ2v) is 18.7. The van der Waals surface area contributed by atoms with E-state index >= 15 is 0 Å². The van der Waals surface area contributed by atoms with Crippen LogP contribution in [0.4, 0.5) is 17.1 Å². The van der Waals surface area contributed by atoms with Gasteiger partial charge < -0.3 is 9.47 Å². The first-order valence-corrected chi connectivity index (χ1v) is 23.8. The third-order valence-electron chi connectivity index (χ3n) is 15.6. The molecule has 1 heterocycles. The second kappa shape index (κ2) is 13.9. The first kappa shape index (κ1) is 37.5. The number of rotatable bonds is 4. The number of nitrogens with zero attached hydrogens (tertiary/aromatic N) is 2. The van der Waals surface area contributed by atoms with E-state index in [-0.39, 0.29) is 0 Å². The summed E-state index contributed by atoms with van der Waals surface area (Å²) in [7, 11) is 0. The number of hydrogen-bond donors (Lipinski definition) is 0. The van der Waals surface area contributed by atoms with Crippen molar-refractivity contribution < 1.29 is 0 Å². The van der Waals surface area contributed by atoms with Crippen LogP contribution in [0.2, 0.25) is 0 Å². The van der Waals surface area contributed by atoms with E-state index in [1.165, 1.54) is 99.3 Å². The summed E-state index contributed by atoms with van der Waals surface area (Å²) in [6, 6.07) is 95.5. The largest absolute Gasteiger partial charge is 0.311 e. The average Bonchev–Trinajstić information content (AvgIpc) is 4.01. The normalized spacial score (nSPS) is 14.1. The SMILES string of the molecule is c1ccc(N(c2ccccc2)c2ccc(-n3c4cc5c(cc4c4ccc6ccccc6c43)C3(c4ccccc4-5)c4ccccc4C4(c5ccccc5-c5ccccc54)c4ccccc43)cc2)cc1. The first-order valence-electron chi connectivity index (χ1n) is 23.8. The summed E-state index contributed by atoms with van der Waals surface area (Å²) in [4.78, 5) is 2.33. The minimum absolute atomic E-state index is 0.481. The van der Waals surface area contributed by atoms with Crippen LogP contribution >= 0.6 is 0 Å². The number of para-hydroxylation sites is 2. The lowest BCUT2D eigenvalue weighted by atomic mass is 9.52. The van der Waals surface area contributed by atoms with E-state index in [0.717, 1.165) is 22.7 Å². The molecule has 3 aliphatic rings. The fourth-order valence-electron chi connectivity index (χ4n) is 13.1. The zero-order chi connectivity index (χ0) is 44.6. The van der Waals surface area contributed by atoms with Crippen LogP contribution in [-0.4, -0.2) is 4.57 Å². The van der Waals surface area contributed by atoms with Gasteiger partial charge in [0, 0.05) is 38.9 Å². The number of benzene rings is 11. The highest BCUT2D eigenvalue weighted by Crippen LogP contribution is 2.67. The van der Waals surface area contributed by atoms with Crippen LogP contribution in [0.1, 0.15) is 44.5 Å².